The van der Waals surface area contributed by atoms with Gasteiger partial charge in [-0.05, 0) is 24.4 Å². The lowest BCUT2D eigenvalue weighted by molar-refractivity contribution is -0.133. The minimum Gasteiger partial charge on any atom is -0.354 e. The molecule has 1 amide bonds. The zero-order valence-corrected chi connectivity index (χ0v) is 11.1. The molecule has 2 aliphatic rings. The van der Waals surface area contributed by atoms with Gasteiger partial charge in [0.15, 0.2) is 0 Å². The van der Waals surface area contributed by atoms with Gasteiger partial charge in [0.05, 0.1) is 12.0 Å². The highest BCUT2D eigenvalue weighted by atomic mass is 35.5. The number of β-lactam (4-membered cyclic amide) rings is 1. The first-order valence-electron chi connectivity index (χ1n) is 5.82. The molecule has 0 radical (unpaired) electrons. The Morgan fingerprint density at radius 1 is 1.39 bits per heavy atom. The smallest absolute Gasteiger partial charge is 0.225 e. The summed E-state index contributed by atoms with van der Waals surface area (Å²) in [6.07, 6.45) is 2.62. The van der Waals surface area contributed by atoms with Crippen LogP contribution in [0.4, 0.5) is 5.82 Å². The number of amides is 1. The Kier molecular flexibility index (Phi) is 2.83. The van der Waals surface area contributed by atoms with Crippen LogP contribution in [0.2, 0.25) is 10.4 Å². The third-order valence-corrected chi connectivity index (χ3v) is 3.82. The standard InChI is InChI=1S/C11H12Cl2N4O/c12-7-4-8(15-10(13)14-7)17-3-1-2-11(6-17)5-9(18)16-11/h4H,1-3,5-6H2,(H,16,18). The van der Waals surface area contributed by atoms with Crippen molar-refractivity contribution in [3.8, 4) is 0 Å². The number of carbonyl (C=O) groups is 1. The molecule has 1 atom stereocenters. The lowest BCUT2D eigenvalue weighted by atomic mass is 9.80. The molecule has 7 heteroatoms. The molecule has 1 spiro atoms. The van der Waals surface area contributed by atoms with Crippen LogP contribution in [0, 0.1) is 0 Å². The van der Waals surface area contributed by atoms with E-state index in [1.54, 1.807) is 6.07 Å². The predicted molar refractivity (Wildman–Crippen MR) is 69.0 cm³/mol. The summed E-state index contributed by atoms with van der Waals surface area (Å²) < 4.78 is 0. The summed E-state index contributed by atoms with van der Waals surface area (Å²) >= 11 is 11.7. The van der Waals surface area contributed by atoms with Gasteiger partial charge in [-0.2, -0.15) is 0 Å². The minimum atomic E-state index is -0.0841. The van der Waals surface area contributed by atoms with Crippen molar-refractivity contribution in [2.24, 2.45) is 0 Å². The van der Waals surface area contributed by atoms with Crippen LogP contribution in [0.25, 0.3) is 0 Å². The van der Waals surface area contributed by atoms with Crippen LogP contribution in [0.1, 0.15) is 19.3 Å². The monoisotopic (exact) mass is 286 g/mol. The average Bonchev–Trinajstić information content (AvgIpc) is 2.26. The molecule has 2 saturated heterocycles. The number of nitrogens with one attached hydrogen (secondary N) is 1. The van der Waals surface area contributed by atoms with E-state index in [0.717, 1.165) is 31.7 Å². The molecule has 3 rings (SSSR count). The second-order valence-corrected chi connectivity index (χ2v) is 5.57. The van der Waals surface area contributed by atoms with Crippen LogP contribution in [0.5, 0.6) is 0 Å². The highest BCUT2D eigenvalue weighted by Gasteiger charge is 2.45. The Bertz CT molecular complexity index is 480. The maximum atomic E-state index is 11.1. The average molecular weight is 287 g/mol. The van der Waals surface area contributed by atoms with Crippen LogP contribution in [0.3, 0.4) is 0 Å². The van der Waals surface area contributed by atoms with Crippen molar-refractivity contribution in [1.82, 2.24) is 15.3 Å². The molecule has 18 heavy (non-hydrogen) atoms. The quantitative estimate of drug-likeness (QED) is 0.484. The molecule has 0 aliphatic carbocycles. The molecule has 0 saturated carbocycles. The normalized spacial score (nSPS) is 27.0. The molecule has 96 valence electrons. The summed E-state index contributed by atoms with van der Waals surface area (Å²) in [5, 5.41) is 3.48. The van der Waals surface area contributed by atoms with Gasteiger partial charge in [-0.1, -0.05) is 11.6 Å². The van der Waals surface area contributed by atoms with E-state index in [2.05, 4.69) is 20.2 Å². The summed E-state index contributed by atoms with van der Waals surface area (Å²) in [6.45, 7) is 1.64. The van der Waals surface area contributed by atoms with Gasteiger partial charge in [0, 0.05) is 19.2 Å². The Hall–Kier alpha value is -1.07. The van der Waals surface area contributed by atoms with E-state index in [9.17, 15) is 4.79 Å². The second-order valence-electron chi connectivity index (χ2n) is 4.85. The van der Waals surface area contributed by atoms with Gasteiger partial charge < -0.3 is 10.2 Å². The Balaban J connectivity index is 1.81. The molecule has 0 aromatic carbocycles. The van der Waals surface area contributed by atoms with E-state index in [-0.39, 0.29) is 16.7 Å². The van der Waals surface area contributed by atoms with Crippen molar-refractivity contribution in [2.75, 3.05) is 18.0 Å². The van der Waals surface area contributed by atoms with Crippen molar-refractivity contribution in [3.63, 3.8) is 0 Å². The number of piperidine rings is 1. The van der Waals surface area contributed by atoms with Crippen molar-refractivity contribution in [2.45, 2.75) is 24.8 Å². The van der Waals surface area contributed by atoms with Crippen molar-refractivity contribution >= 4 is 34.9 Å². The van der Waals surface area contributed by atoms with Gasteiger partial charge in [-0.25, -0.2) is 9.97 Å². The molecule has 2 aliphatic heterocycles. The first-order valence-corrected chi connectivity index (χ1v) is 6.58. The topological polar surface area (TPSA) is 58.1 Å². The van der Waals surface area contributed by atoms with E-state index < -0.39 is 0 Å². The van der Waals surface area contributed by atoms with Crippen LogP contribution in [0.15, 0.2) is 6.07 Å². The maximum absolute atomic E-state index is 11.1. The molecule has 3 heterocycles. The third-order valence-electron chi connectivity index (χ3n) is 3.46. The van der Waals surface area contributed by atoms with E-state index in [1.807, 2.05) is 0 Å². The first kappa shape index (κ1) is 12.0. The molecule has 1 aromatic rings. The van der Waals surface area contributed by atoms with Gasteiger partial charge in [0.1, 0.15) is 11.0 Å². The molecule has 1 aromatic heterocycles. The van der Waals surface area contributed by atoms with Crippen LogP contribution in [-0.4, -0.2) is 34.5 Å². The summed E-state index contributed by atoms with van der Waals surface area (Å²) in [7, 11) is 0. The van der Waals surface area contributed by atoms with E-state index in [4.69, 9.17) is 23.2 Å². The predicted octanol–water partition coefficient (Wildman–Crippen LogP) is 1.64. The molecular weight excluding hydrogens is 275 g/mol. The fourth-order valence-electron chi connectivity index (χ4n) is 2.70. The Labute approximate surface area is 114 Å². The van der Waals surface area contributed by atoms with Crippen LogP contribution in [-0.2, 0) is 4.79 Å². The van der Waals surface area contributed by atoms with E-state index in [1.165, 1.54) is 0 Å². The van der Waals surface area contributed by atoms with Crippen LogP contribution >= 0.6 is 23.2 Å². The summed E-state index contributed by atoms with van der Waals surface area (Å²) in [5.74, 6) is 0.843. The van der Waals surface area contributed by atoms with Gasteiger partial charge in [-0.15, -0.1) is 0 Å². The number of carbonyl (C=O) groups excluding carboxylic acids is 1. The minimum absolute atomic E-state index is 0.0841. The third kappa shape index (κ3) is 2.12. The van der Waals surface area contributed by atoms with E-state index in [0.29, 0.717) is 11.6 Å². The highest BCUT2D eigenvalue weighted by Crippen LogP contribution is 2.33. The summed E-state index contributed by atoms with van der Waals surface area (Å²) in [5.41, 5.74) is -0.0841. The summed E-state index contributed by atoms with van der Waals surface area (Å²) in [6, 6.07) is 1.70. The number of halogens is 2. The van der Waals surface area contributed by atoms with Crippen molar-refractivity contribution in [3.05, 3.63) is 16.5 Å². The SMILES string of the molecule is O=C1CC2(CCCN(c3cc(Cl)nc(Cl)n3)C2)N1. The van der Waals surface area contributed by atoms with Crippen molar-refractivity contribution in [1.29, 1.82) is 0 Å². The van der Waals surface area contributed by atoms with Crippen molar-refractivity contribution < 1.29 is 4.79 Å². The lowest BCUT2D eigenvalue weighted by Gasteiger charge is -2.49. The molecule has 0 bridgehead atoms. The number of hydrogen-bond donors (Lipinski definition) is 1. The first-order chi connectivity index (χ1) is 8.56. The number of hydrogen-bond acceptors (Lipinski definition) is 4. The number of anilines is 1. The zero-order valence-electron chi connectivity index (χ0n) is 9.62. The largest absolute Gasteiger partial charge is 0.354 e. The van der Waals surface area contributed by atoms with Gasteiger partial charge in [0.25, 0.3) is 0 Å². The zero-order chi connectivity index (χ0) is 12.8. The molecular formula is C11H12Cl2N4O. The lowest BCUT2D eigenvalue weighted by Crippen LogP contribution is -2.68. The molecule has 2 fully saturated rings. The number of aromatic nitrogens is 2. The summed E-state index contributed by atoms with van der Waals surface area (Å²) in [4.78, 5) is 21.2. The maximum Gasteiger partial charge on any atom is 0.225 e. The van der Waals surface area contributed by atoms with Gasteiger partial charge >= 0.3 is 0 Å². The molecule has 1 unspecified atom stereocenters. The van der Waals surface area contributed by atoms with Gasteiger partial charge in [0.2, 0.25) is 11.2 Å². The van der Waals surface area contributed by atoms with Crippen LogP contribution < -0.4 is 10.2 Å². The Morgan fingerprint density at radius 3 is 2.83 bits per heavy atom. The fourth-order valence-corrected chi connectivity index (χ4v) is 3.10. The van der Waals surface area contributed by atoms with Gasteiger partial charge in [-0.3, -0.25) is 4.79 Å². The Morgan fingerprint density at radius 2 is 2.17 bits per heavy atom. The molecule has 5 nitrogen and oxygen atoms in total. The van der Waals surface area contributed by atoms with E-state index >= 15 is 0 Å². The molecule has 1 N–H and O–H groups in total. The fraction of sp³-hybridized carbons (Fsp3) is 0.545. The number of nitrogens with zero attached hydrogens (tertiary/aromatic N) is 3. The number of rotatable bonds is 1. The highest BCUT2D eigenvalue weighted by molar-refractivity contribution is 6.32. The second kappa shape index (κ2) is 4.24.